The van der Waals surface area contributed by atoms with Crippen LogP contribution < -0.4 is 10.1 Å². The molecule has 5 N–H and O–H groups in total. The number of aromatic nitrogens is 1. The number of nitrogens with one attached hydrogen (secondary N) is 1. The molecule has 36 heavy (non-hydrogen) atoms. The lowest BCUT2D eigenvalue weighted by atomic mass is 9.73. The molecule has 2 aromatic rings. The zero-order chi connectivity index (χ0) is 26.7. The van der Waals surface area contributed by atoms with Crippen LogP contribution in [-0.4, -0.2) is 74.4 Å². The zero-order valence-electron chi connectivity index (χ0n) is 20.5. The number of Topliss-reactive ketones (excluding diaryl/α,β-unsaturated/α-hetero) is 1. The summed E-state index contributed by atoms with van der Waals surface area (Å²) in [7, 11) is 1.72. The van der Waals surface area contributed by atoms with Crippen molar-refractivity contribution in [2.24, 2.45) is 0 Å². The SMILES string of the molecule is CNc1ccc(Cl)cc1C1(C=O)CCN(C(O)(O)C(O)(O)Oc2cnc(C)c(CCC(C)=O)c2)CC1. The van der Waals surface area contributed by atoms with Gasteiger partial charge < -0.3 is 40.1 Å². The van der Waals surface area contributed by atoms with E-state index < -0.39 is 17.3 Å². The molecule has 0 aliphatic carbocycles. The highest BCUT2D eigenvalue weighted by Crippen LogP contribution is 2.41. The summed E-state index contributed by atoms with van der Waals surface area (Å²) >= 11 is 6.17. The number of aliphatic hydroxyl groups is 4. The van der Waals surface area contributed by atoms with Crippen molar-refractivity contribution in [2.75, 3.05) is 25.5 Å². The smallest absolute Gasteiger partial charge is 0.396 e. The van der Waals surface area contributed by atoms with E-state index in [0.717, 1.165) is 11.2 Å². The van der Waals surface area contributed by atoms with Crippen molar-refractivity contribution in [1.29, 1.82) is 0 Å². The average molecular weight is 522 g/mol. The first-order valence-electron chi connectivity index (χ1n) is 11.6. The average Bonchev–Trinajstić information content (AvgIpc) is 2.84. The van der Waals surface area contributed by atoms with Crippen molar-refractivity contribution in [2.45, 2.75) is 56.8 Å². The summed E-state index contributed by atoms with van der Waals surface area (Å²) in [6.45, 7) is 3.07. The number of ketones is 1. The number of pyridine rings is 1. The summed E-state index contributed by atoms with van der Waals surface area (Å²) in [6.07, 6.45) is 2.99. The van der Waals surface area contributed by atoms with Crippen molar-refractivity contribution >= 4 is 29.4 Å². The Balaban J connectivity index is 1.78. The van der Waals surface area contributed by atoms with Gasteiger partial charge in [0.05, 0.1) is 11.6 Å². The second-order valence-corrected chi connectivity index (χ2v) is 9.60. The predicted octanol–water partition coefficient (Wildman–Crippen LogP) is 1.50. The number of piperidine rings is 1. The highest BCUT2D eigenvalue weighted by Gasteiger charge is 2.57. The molecule has 0 bridgehead atoms. The summed E-state index contributed by atoms with van der Waals surface area (Å²) in [6, 6.07) is 6.63. The fourth-order valence-electron chi connectivity index (χ4n) is 4.43. The number of ether oxygens (including phenoxy) is 1. The summed E-state index contributed by atoms with van der Waals surface area (Å²) in [5.74, 6) is -6.78. The number of likely N-dealkylation sites (tertiary alicyclic amines) is 1. The van der Waals surface area contributed by atoms with Crippen molar-refractivity contribution in [1.82, 2.24) is 9.88 Å². The first kappa shape index (κ1) is 28.0. The van der Waals surface area contributed by atoms with Gasteiger partial charge in [-0.1, -0.05) is 11.6 Å². The Hall–Kier alpha value is -2.60. The number of nitrogens with zero attached hydrogens (tertiary/aromatic N) is 2. The molecule has 2 heterocycles. The van der Waals surface area contributed by atoms with Gasteiger partial charge in [-0.2, -0.15) is 0 Å². The third-order valence-electron chi connectivity index (χ3n) is 6.72. The van der Waals surface area contributed by atoms with Crippen LogP contribution in [0.5, 0.6) is 5.75 Å². The van der Waals surface area contributed by atoms with Crippen molar-refractivity contribution in [3.8, 4) is 5.75 Å². The number of anilines is 1. The lowest BCUT2D eigenvalue weighted by molar-refractivity contribution is -0.476. The maximum atomic E-state index is 12.2. The van der Waals surface area contributed by atoms with Crippen molar-refractivity contribution in [3.05, 3.63) is 52.3 Å². The highest BCUT2D eigenvalue weighted by molar-refractivity contribution is 6.30. The van der Waals surface area contributed by atoms with Crippen LogP contribution in [0.1, 0.15) is 43.0 Å². The Labute approximate surface area is 214 Å². The van der Waals surface area contributed by atoms with E-state index in [2.05, 4.69) is 10.3 Å². The summed E-state index contributed by atoms with van der Waals surface area (Å²) in [4.78, 5) is 28.7. The molecule has 0 spiro atoms. The summed E-state index contributed by atoms with van der Waals surface area (Å²) in [5.41, 5.74) is 1.71. The Morgan fingerprint density at radius 3 is 2.50 bits per heavy atom. The topological polar surface area (TPSA) is 152 Å². The lowest BCUT2D eigenvalue weighted by Gasteiger charge is -2.46. The van der Waals surface area contributed by atoms with Gasteiger partial charge in [0, 0.05) is 43.0 Å². The standard InChI is InChI=1S/C25H32ClN3O7/c1-16(31)4-5-18-12-20(14-28-17(18)2)36-25(34,35)24(32,33)29-10-8-23(15-30,9-11-29)21-13-19(26)6-7-22(21)27-3/h6-7,12-15,27,32-35H,4-5,8-11H2,1-3H3. The molecule has 1 aliphatic heterocycles. The molecular weight excluding hydrogens is 490 g/mol. The van der Waals surface area contributed by atoms with E-state index in [-0.39, 0.29) is 43.9 Å². The lowest BCUT2D eigenvalue weighted by Crippen LogP contribution is -2.69. The number of hydrogen-bond acceptors (Lipinski definition) is 10. The van der Waals surface area contributed by atoms with Gasteiger partial charge in [0.25, 0.3) is 0 Å². The first-order chi connectivity index (χ1) is 16.8. The molecule has 1 aliphatic rings. The van der Waals surface area contributed by atoms with Gasteiger partial charge in [-0.3, -0.25) is 4.98 Å². The van der Waals surface area contributed by atoms with E-state index in [9.17, 15) is 30.0 Å². The van der Waals surface area contributed by atoms with Crippen LogP contribution in [0.2, 0.25) is 5.02 Å². The van der Waals surface area contributed by atoms with Gasteiger partial charge in [0.2, 0.25) is 0 Å². The Kier molecular flexibility index (Phi) is 8.39. The summed E-state index contributed by atoms with van der Waals surface area (Å²) < 4.78 is 5.16. The van der Waals surface area contributed by atoms with Crippen molar-refractivity contribution in [3.63, 3.8) is 0 Å². The minimum absolute atomic E-state index is 0.0137. The number of aldehydes is 1. The number of aryl methyl sites for hydroxylation is 2. The van der Waals surface area contributed by atoms with E-state index >= 15 is 0 Å². The van der Waals surface area contributed by atoms with Gasteiger partial charge in [0.15, 0.2) is 0 Å². The van der Waals surface area contributed by atoms with Crippen LogP contribution in [0, 0.1) is 6.92 Å². The van der Waals surface area contributed by atoms with E-state index in [0.29, 0.717) is 34.0 Å². The number of hydrogen-bond donors (Lipinski definition) is 5. The maximum absolute atomic E-state index is 12.2. The van der Waals surface area contributed by atoms with Crippen molar-refractivity contribution < 1.29 is 34.8 Å². The molecule has 0 saturated carbocycles. The van der Waals surface area contributed by atoms with Crippen LogP contribution in [0.25, 0.3) is 0 Å². The summed E-state index contributed by atoms with van der Waals surface area (Å²) in [5, 5.41) is 46.1. The normalized spacial score (nSPS) is 16.4. The van der Waals surface area contributed by atoms with Crippen LogP contribution in [-0.2, 0) is 21.4 Å². The van der Waals surface area contributed by atoms with Gasteiger partial charge in [-0.05, 0) is 68.5 Å². The predicted molar refractivity (Wildman–Crippen MR) is 132 cm³/mol. The molecule has 1 fully saturated rings. The minimum atomic E-state index is -3.44. The molecule has 196 valence electrons. The van der Waals surface area contributed by atoms with E-state index in [1.807, 2.05) is 0 Å². The fourth-order valence-corrected chi connectivity index (χ4v) is 4.60. The second-order valence-electron chi connectivity index (χ2n) is 9.16. The molecule has 0 atom stereocenters. The first-order valence-corrected chi connectivity index (χ1v) is 12.0. The molecule has 1 aromatic heterocycles. The molecule has 1 saturated heterocycles. The number of carbonyl (C=O) groups excluding carboxylic acids is 2. The third-order valence-corrected chi connectivity index (χ3v) is 6.95. The number of benzene rings is 1. The van der Waals surface area contributed by atoms with Gasteiger partial charge in [-0.25, -0.2) is 4.90 Å². The Morgan fingerprint density at radius 1 is 1.25 bits per heavy atom. The van der Waals surface area contributed by atoms with Gasteiger partial charge in [0.1, 0.15) is 17.8 Å². The molecular formula is C25H32ClN3O7. The maximum Gasteiger partial charge on any atom is 0.396 e. The minimum Gasteiger partial charge on any atom is -0.433 e. The number of halogens is 1. The fraction of sp³-hybridized carbons (Fsp3) is 0.480. The van der Waals surface area contributed by atoms with Crippen LogP contribution in [0.15, 0.2) is 30.5 Å². The van der Waals surface area contributed by atoms with Crippen LogP contribution in [0.4, 0.5) is 5.69 Å². The monoisotopic (exact) mass is 521 g/mol. The molecule has 10 nitrogen and oxygen atoms in total. The molecule has 0 radical (unpaired) electrons. The quantitative estimate of drug-likeness (QED) is 0.229. The van der Waals surface area contributed by atoms with Gasteiger partial charge in [-0.15, -0.1) is 0 Å². The number of carbonyl (C=O) groups is 2. The highest BCUT2D eigenvalue weighted by atomic mass is 35.5. The molecule has 0 amide bonds. The zero-order valence-corrected chi connectivity index (χ0v) is 21.2. The van der Waals surface area contributed by atoms with Crippen LogP contribution >= 0.6 is 11.6 Å². The van der Waals surface area contributed by atoms with Crippen LogP contribution in [0.3, 0.4) is 0 Å². The largest absolute Gasteiger partial charge is 0.433 e. The third kappa shape index (κ3) is 5.69. The Morgan fingerprint density at radius 2 is 1.92 bits per heavy atom. The van der Waals surface area contributed by atoms with E-state index in [4.69, 9.17) is 16.3 Å². The van der Waals surface area contributed by atoms with E-state index in [1.165, 1.54) is 19.2 Å². The Bertz CT molecular complexity index is 1110. The molecule has 1 aromatic carbocycles. The second kappa shape index (κ2) is 10.8. The number of rotatable bonds is 10. The molecule has 3 rings (SSSR count). The molecule has 0 unspecified atom stereocenters. The van der Waals surface area contributed by atoms with E-state index in [1.54, 1.807) is 32.2 Å². The molecule has 11 heteroatoms. The van der Waals surface area contributed by atoms with Gasteiger partial charge >= 0.3 is 11.9 Å².